The van der Waals surface area contributed by atoms with Crippen LogP contribution in [0.3, 0.4) is 0 Å². The summed E-state index contributed by atoms with van der Waals surface area (Å²) in [4.78, 5) is 1.19. The third-order valence-electron chi connectivity index (χ3n) is 1.40. The molecule has 0 aliphatic carbocycles. The van der Waals surface area contributed by atoms with Crippen molar-refractivity contribution in [1.82, 2.24) is 0 Å². The van der Waals surface area contributed by atoms with Crippen molar-refractivity contribution in [1.29, 1.82) is 0 Å². The van der Waals surface area contributed by atoms with Crippen LogP contribution in [0.25, 0.3) is 0 Å². The average Bonchev–Trinajstić information content (AvgIpc) is 2.09. The SMILES string of the molecule is C=COC(C)Sc1ccc(Br)cc1. The van der Waals surface area contributed by atoms with Gasteiger partial charge in [-0.3, -0.25) is 0 Å². The highest BCUT2D eigenvalue weighted by molar-refractivity contribution is 9.10. The Labute approximate surface area is 91.3 Å². The molecule has 0 fully saturated rings. The highest BCUT2D eigenvalue weighted by atomic mass is 79.9. The van der Waals surface area contributed by atoms with Gasteiger partial charge < -0.3 is 4.74 Å². The van der Waals surface area contributed by atoms with Crippen LogP contribution in [0.5, 0.6) is 0 Å². The Kier molecular flexibility index (Phi) is 4.39. The van der Waals surface area contributed by atoms with E-state index in [1.54, 1.807) is 11.8 Å². The fraction of sp³-hybridized carbons (Fsp3) is 0.200. The van der Waals surface area contributed by atoms with Crippen molar-refractivity contribution in [3.05, 3.63) is 41.6 Å². The zero-order valence-corrected chi connectivity index (χ0v) is 9.77. The molecular weight excluding hydrogens is 248 g/mol. The molecule has 0 aliphatic rings. The van der Waals surface area contributed by atoms with E-state index in [1.807, 2.05) is 19.1 Å². The molecule has 0 spiro atoms. The molecular formula is C10H11BrOS. The first-order valence-corrected chi connectivity index (χ1v) is 5.58. The van der Waals surface area contributed by atoms with Gasteiger partial charge in [0.25, 0.3) is 0 Å². The molecule has 0 aliphatic heterocycles. The first-order chi connectivity index (χ1) is 6.22. The maximum Gasteiger partial charge on any atom is 0.145 e. The lowest BCUT2D eigenvalue weighted by molar-refractivity contribution is 0.240. The van der Waals surface area contributed by atoms with Gasteiger partial charge in [0.2, 0.25) is 0 Å². The second-order valence-corrected chi connectivity index (χ2v) is 4.73. The van der Waals surface area contributed by atoms with Crippen molar-refractivity contribution < 1.29 is 4.74 Å². The Bertz CT molecular complexity index is 271. The number of benzene rings is 1. The summed E-state index contributed by atoms with van der Waals surface area (Å²) in [5.74, 6) is 0. The third kappa shape index (κ3) is 3.87. The van der Waals surface area contributed by atoms with E-state index in [9.17, 15) is 0 Å². The largest absolute Gasteiger partial charge is 0.488 e. The van der Waals surface area contributed by atoms with Gasteiger partial charge in [-0.15, -0.1) is 0 Å². The highest BCUT2D eigenvalue weighted by Crippen LogP contribution is 2.25. The van der Waals surface area contributed by atoms with Gasteiger partial charge in [0.1, 0.15) is 5.44 Å². The van der Waals surface area contributed by atoms with Gasteiger partial charge in [-0.1, -0.05) is 34.3 Å². The summed E-state index contributed by atoms with van der Waals surface area (Å²) in [6.07, 6.45) is 1.47. The van der Waals surface area contributed by atoms with Crippen LogP contribution in [0, 0.1) is 0 Å². The summed E-state index contributed by atoms with van der Waals surface area (Å²) in [5.41, 5.74) is 0.110. The van der Waals surface area contributed by atoms with Crippen molar-refractivity contribution >= 4 is 27.7 Å². The molecule has 0 saturated carbocycles. The van der Waals surface area contributed by atoms with Gasteiger partial charge in [0, 0.05) is 9.37 Å². The molecule has 1 nitrogen and oxygen atoms in total. The van der Waals surface area contributed by atoms with Gasteiger partial charge in [-0.05, 0) is 31.2 Å². The molecule has 13 heavy (non-hydrogen) atoms. The van der Waals surface area contributed by atoms with Crippen molar-refractivity contribution in [2.45, 2.75) is 17.3 Å². The summed E-state index contributed by atoms with van der Waals surface area (Å²) in [6, 6.07) is 8.14. The highest BCUT2D eigenvalue weighted by Gasteiger charge is 2.02. The molecule has 0 amide bonds. The summed E-state index contributed by atoms with van der Waals surface area (Å²) in [6.45, 7) is 5.51. The number of rotatable bonds is 4. The molecule has 70 valence electrons. The van der Waals surface area contributed by atoms with Gasteiger partial charge in [0.15, 0.2) is 0 Å². The molecule has 0 heterocycles. The minimum Gasteiger partial charge on any atom is -0.488 e. The molecule has 0 N–H and O–H groups in total. The number of hydrogen-bond acceptors (Lipinski definition) is 2. The van der Waals surface area contributed by atoms with Crippen molar-refractivity contribution in [2.24, 2.45) is 0 Å². The maximum atomic E-state index is 5.19. The number of halogens is 1. The summed E-state index contributed by atoms with van der Waals surface area (Å²) < 4.78 is 6.28. The fourth-order valence-corrected chi connectivity index (χ4v) is 1.94. The van der Waals surface area contributed by atoms with Crippen LogP contribution in [-0.4, -0.2) is 5.44 Å². The lowest BCUT2D eigenvalue weighted by Crippen LogP contribution is -1.96. The summed E-state index contributed by atoms with van der Waals surface area (Å²) >= 11 is 5.05. The standard InChI is InChI=1S/C10H11BrOS/c1-3-12-8(2)13-10-6-4-9(11)5-7-10/h3-8H,1H2,2H3. The topological polar surface area (TPSA) is 9.23 Å². The molecule has 3 heteroatoms. The zero-order chi connectivity index (χ0) is 9.68. The van der Waals surface area contributed by atoms with Crippen LogP contribution in [0.1, 0.15) is 6.92 Å². The van der Waals surface area contributed by atoms with Gasteiger partial charge in [0.05, 0.1) is 6.26 Å². The quantitative estimate of drug-likeness (QED) is 0.458. The molecule has 1 rings (SSSR count). The van der Waals surface area contributed by atoms with Crippen LogP contribution < -0.4 is 0 Å². The number of hydrogen-bond donors (Lipinski definition) is 0. The van der Waals surface area contributed by atoms with Crippen LogP contribution in [0.4, 0.5) is 0 Å². The molecule has 0 bridgehead atoms. The van der Waals surface area contributed by atoms with Gasteiger partial charge >= 0.3 is 0 Å². The van der Waals surface area contributed by atoms with E-state index in [0.29, 0.717) is 0 Å². The Morgan fingerprint density at radius 2 is 2.08 bits per heavy atom. The Hall–Kier alpha value is -0.410. The summed E-state index contributed by atoms with van der Waals surface area (Å²) in [5, 5.41) is 0. The third-order valence-corrected chi connectivity index (χ3v) is 2.92. The van der Waals surface area contributed by atoms with Crippen molar-refractivity contribution in [3.63, 3.8) is 0 Å². The van der Waals surface area contributed by atoms with E-state index in [-0.39, 0.29) is 5.44 Å². The smallest absolute Gasteiger partial charge is 0.145 e. The molecule has 1 aromatic rings. The van der Waals surface area contributed by atoms with E-state index >= 15 is 0 Å². The van der Waals surface area contributed by atoms with Crippen LogP contribution in [-0.2, 0) is 4.74 Å². The molecule has 1 aromatic carbocycles. The Balaban J connectivity index is 2.53. The van der Waals surface area contributed by atoms with Gasteiger partial charge in [-0.25, -0.2) is 0 Å². The minimum atomic E-state index is 0.110. The molecule has 0 aromatic heterocycles. The van der Waals surface area contributed by atoms with Crippen LogP contribution in [0.2, 0.25) is 0 Å². The first kappa shape index (κ1) is 10.7. The lowest BCUT2D eigenvalue weighted by Gasteiger charge is -2.09. The average molecular weight is 259 g/mol. The second-order valence-electron chi connectivity index (χ2n) is 2.44. The predicted octanol–water partition coefficient (Wildman–Crippen LogP) is 4.05. The number of ether oxygens (including phenoxy) is 1. The number of thioether (sulfide) groups is 1. The first-order valence-electron chi connectivity index (χ1n) is 3.91. The van der Waals surface area contributed by atoms with Crippen LogP contribution >= 0.6 is 27.7 Å². The molecule has 0 saturated heterocycles. The van der Waals surface area contributed by atoms with Gasteiger partial charge in [-0.2, -0.15) is 0 Å². The van der Waals surface area contributed by atoms with E-state index in [2.05, 4.69) is 34.6 Å². The monoisotopic (exact) mass is 258 g/mol. The van der Waals surface area contributed by atoms with Crippen molar-refractivity contribution in [2.75, 3.05) is 0 Å². The lowest BCUT2D eigenvalue weighted by atomic mass is 10.4. The minimum absolute atomic E-state index is 0.110. The van der Waals surface area contributed by atoms with E-state index in [1.165, 1.54) is 11.2 Å². The van der Waals surface area contributed by atoms with Crippen LogP contribution in [0.15, 0.2) is 46.5 Å². The van der Waals surface area contributed by atoms with E-state index < -0.39 is 0 Å². The predicted molar refractivity (Wildman–Crippen MR) is 60.7 cm³/mol. The molecule has 1 unspecified atom stereocenters. The maximum absolute atomic E-state index is 5.19. The summed E-state index contributed by atoms with van der Waals surface area (Å²) in [7, 11) is 0. The normalized spacial score (nSPS) is 12.2. The van der Waals surface area contributed by atoms with E-state index in [4.69, 9.17) is 4.74 Å². The van der Waals surface area contributed by atoms with Crippen molar-refractivity contribution in [3.8, 4) is 0 Å². The zero-order valence-electron chi connectivity index (χ0n) is 7.37. The second kappa shape index (κ2) is 5.35. The van der Waals surface area contributed by atoms with E-state index in [0.717, 1.165) is 4.47 Å². The fourth-order valence-electron chi connectivity index (χ4n) is 0.868. The Morgan fingerprint density at radius 1 is 1.46 bits per heavy atom. The molecule has 1 atom stereocenters. The Morgan fingerprint density at radius 3 is 2.62 bits per heavy atom. The molecule has 0 radical (unpaired) electrons.